The minimum Gasteiger partial charge on any atom is -0.460 e. The summed E-state index contributed by atoms with van der Waals surface area (Å²) in [5.74, 6) is 4.36. The van der Waals surface area contributed by atoms with E-state index in [4.69, 9.17) is 10.6 Å². The molecule has 1 aromatic carbocycles. The van der Waals surface area contributed by atoms with Crippen molar-refractivity contribution in [1.82, 2.24) is 0 Å². The van der Waals surface area contributed by atoms with Gasteiger partial charge in [-0.3, -0.25) is 0 Å². The van der Waals surface area contributed by atoms with Crippen LogP contribution in [-0.2, 0) is 14.4 Å². The Morgan fingerprint density at radius 1 is 1.27 bits per heavy atom. The van der Waals surface area contributed by atoms with Gasteiger partial charge in [-0.05, 0) is 11.6 Å². The van der Waals surface area contributed by atoms with Crippen molar-refractivity contribution in [2.75, 3.05) is 13.2 Å². The van der Waals surface area contributed by atoms with Crippen LogP contribution >= 0.6 is 0 Å². The summed E-state index contributed by atoms with van der Waals surface area (Å²) < 4.78 is 4.77. The molecule has 0 amide bonds. The summed E-state index contributed by atoms with van der Waals surface area (Å²) in [7, 11) is 0. The fourth-order valence-electron chi connectivity index (χ4n) is 0.967. The van der Waals surface area contributed by atoms with Gasteiger partial charge in [-0.2, -0.15) is 0 Å². The summed E-state index contributed by atoms with van der Waals surface area (Å²) >= 11 is 0. The molecule has 0 radical (unpaired) electrons. The van der Waals surface area contributed by atoms with E-state index in [1.807, 2.05) is 30.3 Å². The Bertz CT molecular complexity index is 322. The zero-order valence-electron chi connectivity index (χ0n) is 8.26. The van der Waals surface area contributed by atoms with Crippen molar-refractivity contribution >= 4 is 12.0 Å². The molecule has 0 aliphatic rings. The van der Waals surface area contributed by atoms with E-state index in [0.717, 1.165) is 5.56 Å². The molecule has 0 heterocycles. The van der Waals surface area contributed by atoms with Crippen LogP contribution in [-0.4, -0.2) is 19.2 Å². The maximum absolute atomic E-state index is 11.1. The molecule has 0 aromatic heterocycles. The highest BCUT2D eigenvalue weighted by Crippen LogP contribution is 2.00. The highest BCUT2D eigenvalue weighted by atomic mass is 16.6. The third-order valence-corrected chi connectivity index (χ3v) is 1.66. The van der Waals surface area contributed by atoms with Crippen LogP contribution in [0.15, 0.2) is 36.4 Å². The molecule has 4 nitrogen and oxygen atoms in total. The molecular weight excluding hydrogens is 194 g/mol. The number of benzene rings is 1. The van der Waals surface area contributed by atoms with Crippen molar-refractivity contribution in [1.29, 1.82) is 0 Å². The van der Waals surface area contributed by atoms with Gasteiger partial charge in [0.2, 0.25) is 0 Å². The van der Waals surface area contributed by atoms with Gasteiger partial charge in [-0.1, -0.05) is 30.3 Å². The van der Waals surface area contributed by atoms with E-state index in [1.165, 1.54) is 6.08 Å². The van der Waals surface area contributed by atoms with Crippen molar-refractivity contribution in [3.8, 4) is 0 Å². The molecule has 0 spiro atoms. The molecule has 1 rings (SSSR count). The SMILES string of the molecule is NOCCOC(=O)/C=C/c1ccccc1. The summed E-state index contributed by atoms with van der Waals surface area (Å²) in [6.07, 6.45) is 3.05. The molecule has 0 bridgehead atoms. The molecule has 80 valence electrons. The van der Waals surface area contributed by atoms with Crippen LogP contribution < -0.4 is 5.90 Å². The van der Waals surface area contributed by atoms with E-state index in [0.29, 0.717) is 0 Å². The first-order valence-corrected chi connectivity index (χ1v) is 4.54. The van der Waals surface area contributed by atoms with Crippen LogP contribution in [0.2, 0.25) is 0 Å². The Labute approximate surface area is 88.2 Å². The summed E-state index contributed by atoms with van der Waals surface area (Å²) in [5.41, 5.74) is 0.949. The van der Waals surface area contributed by atoms with Gasteiger partial charge >= 0.3 is 5.97 Å². The van der Waals surface area contributed by atoms with Gasteiger partial charge in [-0.15, -0.1) is 0 Å². The van der Waals surface area contributed by atoms with E-state index in [1.54, 1.807) is 6.08 Å². The van der Waals surface area contributed by atoms with Crippen LogP contribution in [0.3, 0.4) is 0 Å². The number of hydrogen-bond acceptors (Lipinski definition) is 4. The van der Waals surface area contributed by atoms with Crippen LogP contribution in [0.4, 0.5) is 0 Å². The zero-order valence-corrected chi connectivity index (χ0v) is 8.26. The molecule has 0 saturated carbocycles. The lowest BCUT2D eigenvalue weighted by Gasteiger charge is -1.99. The number of hydrogen-bond donors (Lipinski definition) is 1. The molecule has 2 N–H and O–H groups in total. The van der Waals surface area contributed by atoms with Gasteiger partial charge in [0.1, 0.15) is 13.2 Å². The van der Waals surface area contributed by atoms with Gasteiger partial charge < -0.3 is 9.57 Å². The minimum absolute atomic E-state index is 0.161. The van der Waals surface area contributed by atoms with Crippen molar-refractivity contribution in [3.05, 3.63) is 42.0 Å². The average molecular weight is 207 g/mol. The third-order valence-electron chi connectivity index (χ3n) is 1.66. The Morgan fingerprint density at radius 3 is 2.67 bits per heavy atom. The van der Waals surface area contributed by atoms with E-state index < -0.39 is 5.97 Å². The Hall–Kier alpha value is -1.65. The molecular formula is C11H13NO3. The molecule has 15 heavy (non-hydrogen) atoms. The second-order valence-electron chi connectivity index (χ2n) is 2.78. The quantitative estimate of drug-likeness (QED) is 0.340. The van der Waals surface area contributed by atoms with E-state index in [-0.39, 0.29) is 13.2 Å². The van der Waals surface area contributed by atoms with Gasteiger partial charge in [0, 0.05) is 6.08 Å². The van der Waals surface area contributed by atoms with Gasteiger partial charge in [0.05, 0.1) is 0 Å². The van der Waals surface area contributed by atoms with Gasteiger partial charge in [0.25, 0.3) is 0 Å². The van der Waals surface area contributed by atoms with E-state index >= 15 is 0 Å². The highest BCUT2D eigenvalue weighted by Gasteiger charge is 1.95. The molecule has 0 aliphatic heterocycles. The van der Waals surface area contributed by atoms with Crippen molar-refractivity contribution in [2.24, 2.45) is 5.90 Å². The van der Waals surface area contributed by atoms with E-state index in [9.17, 15) is 4.79 Å². The van der Waals surface area contributed by atoms with Crippen molar-refractivity contribution < 1.29 is 14.4 Å². The Balaban J connectivity index is 2.34. The number of carbonyl (C=O) groups excluding carboxylic acids is 1. The van der Waals surface area contributed by atoms with Gasteiger partial charge in [-0.25, -0.2) is 10.7 Å². The summed E-state index contributed by atoms with van der Waals surface area (Å²) in [6.45, 7) is 0.360. The fourth-order valence-corrected chi connectivity index (χ4v) is 0.967. The maximum Gasteiger partial charge on any atom is 0.330 e. The van der Waals surface area contributed by atoms with Crippen LogP contribution in [0.25, 0.3) is 6.08 Å². The topological polar surface area (TPSA) is 61.6 Å². The number of carbonyl (C=O) groups is 1. The fraction of sp³-hybridized carbons (Fsp3) is 0.182. The first-order valence-electron chi connectivity index (χ1n) is 4.54. The molecule has 4 heteroatoms. The van der Waals surface area contributed by atoms with Crippen molar-refractivity contribution in [3.63, 3.8) is 0 Å². The molecule has 0 aliphatic carbocycles. The normalized spacial score (nSPS) is 10.5. The molecule has 0 atom stereocenters. The first-order chi connectivity index (χ1) is 7.33. The molecule has 1 aromatic rings. The van der Waals surface area contributed by atoms with Crippen LogP contribution in [0.1, 0.15) is 5.56 Å². The van der Waals surface area contributed by atoms with Crippen molar-refractivity contribution in [2.45, 2.75) is 0 Å². The second kappa shape index (κ2) is 6.75. The lowest BCUT2D eigenvalue weighted by Crippen LogP contribution is -2.11. The van der Waals surface area contributed by atoms with Gasteiger partial charge in [0.15, 0.2) is 0 Å². The molecule has 0 unspecified atom stereocenters. The summed E-state index contributed by atoms with van der Waals surface area (Å²) in [4.78, 5) is 15.3. The monoisotopic (exact) mass is 207 g/mol. The predicted octanol–water partition coefficient (Wildman–Crippen LogP) is 1.13. The highest BCUT2D eigenvalue weighted by molar-refractivity contribution is 5.86. The van der Waals surface area contributed by atoms with E-state index in [2.05, 4.69) is 4.84 Å². The maximum atomic E-state index is 11.1. The number of esters is 1. The lowest BCUT2D eigenvalue weighted by molar-refractivity contribution is -0.139. The summed E-state index contributed by atoms with van der Waals surface area (Å²) in [5, 5.41) is 0. The number of rotatable bonds is 5. The lowest BCUT2D eigenvalue weighted by atomic mass is 10.2. The van der Waals surface area contributed by atoms with Crippen LogP contribution in [0.5, 0.6) is 0 Å². The Kier molecular flexibility index (Phi) is 5.14. The number of ether oxygens (including phenoxy) is 1. The minimum atomic E-state index is -0.407. The average Bonchev–Trinajstić information content (AvgIpc) is 2.28. The molecule has 0 saturated heterocycles. The second-order valence-corrected chi connectivity index (χ2v) is 2.78. The van der Waals surface area contributed by atoms with Crippen LogP contribution in [0, 0.1) is 0 Å². The Morgan fingerprint density at radius 2 is 2.00 bits per heavy atom. The third kappa shape index (κ3) is 4.95. The zero-order chi connectivity index (χ0) is 10.9. The standard InChI is InChI=1S/C11H13NO3/c12-15-9-8-14-11(13)7-6-10-4-2-1-3-5-10/h1-7H,8-9,12H2/b7-6+. The first kappa shape index (κ1) is 11.4. The predicted molar refractivity (Wildman–Crippen MR) is 56.6 cm³/mol. The molecule has 0 fully saturated rings. The number of nitrogens with two attached hydrogens (primary N) is 1. The smallest absolute Gasteiger partial charge is 0.330 e. The largest absolute Gasteiger partial charge is 0.460 e. The summed E-state index contributed by atoms with van der Waals surface area (Å²) in [6, 6.07) is 9.49.